The van der Waals surface area contributed by atoms with Crippen LogP contribution < -0.4 is 5.32 Å². The van der Waals surface area contributed by atoms with Crippen LogP contribution in [0.15, 0.2) is 97.2 Å². The predicted octanol–water partition coefficient (Wildman–Crippen LogP) is 6.39. The summed E-state index contributed by atoms with van der Waals surface area (Å²) in [6.07, 6.45) is 1.95. The van der Waals surface area contributed by atoms with Crippen molar-refractivity contribution >= 4 is 11.7 Å². The molecule has 1 aliphatic rings. The number of nitrogens with zero attached hydrogens (tertiary/aromatic N) is 4. The highest BCUT2D eigenvalue weighted by Crippen LogP contribution is 2.38. The van der Waals surface area contributed by atoms with E-state index in [1.807, 2.05) is 64.8 Å². The van der Waals surface area contributed by atoms with Gasteiger partial charge < -0.3 is 14.8 Å². The van der Waals surface area contributed by atoms with E-state index in [2.05, 4.69) is 5.32 Å². The van der Waals surface area contributed by atoms with Gasteiger partial charge in [-0.1, -0.05) is 30.3 Å². The maximum atomic E-state index is 13.9. The molecule has 8 heteroatoms. The number of carbonyl (C=O) groups excluding carboxylic acids is 1. The number of benzene rings is 3. The van der Waals surface area contributed by atoms with Crippen molar-refractivity contribution in [3.8, 4) is 11.5 Å². The molecule has 1 aliphatic heterocycles. The molecule has 184 valence electrons. The number of fused-ring (bicyclic) bond motifs is 3. The number of carbonyl (C=O) groups is 1. The molecule has 0 bridgehead atoms. The second kappa shape index (κ2) is 9.05. The third-order valence-corrected chi connectivity index (χ3v) is 6.63. The first-order valence-corrected chi connectivity index (χ1v) is 11.9. The van der Waals surface area contributed by atoms with Crippen LogP contribution in [0, 0.1) is 18.6 Å². The van der Waals surface area contributed by atoms with Gasteiger partial charge in [-0.3, -0.25) is 0 Å². The Balaban J connectivity index is 1.53. The predicted molar refractivity (Wildman–Crippen MR) is 137 cm³/mol. The molecule has 0 saturated carbocycles. The molecule has 6 rings (SSSR count). The number of aromatic nitrogens is 3. The van der Waals surface area contributed by atoms with Crippen LogP contribution in [-0.2, 0) is 6.54 Å². The Hall–Kier alpha value is -4.72. The summed E-state index contributed by atoms with van der Waals surface area (Å²) in [5, 5.41) is 7.72. The van der Waals surface area contributed by atoms with Crippen LogP contribution in [0.2, 0.25) is 0 Å². The van der Waals surface area contributed by atoms with Gasteiger partial charge in [0, 0.05) is 17.4 Å². The Morgan fingerprint density at radius 2 is 1.57 bits per heavy atom. The Morgan fingerprint density at radius 1 is 0.892 bits per heavy atom. The monoisotopic (exact) mass is 495 g/mol. The summed E-state index contributed by atoms with van der Waals surface area (Å²) in [6, 6.07) is 24.6. The Labute approximate surface area is 212 Å². The van der Waals surface area contributed by atoms with Gasteiger partial charge in [-0.15, -0.1) is 0 Å². The lowest BCUT2D eigenvalue weighted by Gasteiger charge is -2.31. The molecule has 0 aliphatic carbocycles. The number of hydrogen-bond acceptors (Lipinski definition) is 2. The van der Waals surface area contributed by atoms with Crippen molar-refractivity contribution in [1.29, 1.82) is 0 Å². The molecule has 0 radical (unpaired) electrons. The minimum absolute atomic E-state index is 0.255. The number of urea groups is 1. The largest absolute Gasteiger partial charge is 0.322 e. The van der Waals surface area contributed by atoms with E-state index in [-0.39, 0.29) is 24.2 Å². The summed E-state index contributed by atoms with van der Waals surface area (Å²) in [4.78, 5) is 15.5. The highest BCUT2D eigenvalue weighted by molar-refractivity contribution is 5.90. The lowest BCUT2D eigenvalue weighted by atomic mass is 10.0. The average molecular weight is 496 g/mol. The van der Waals surface area contributed by atoms with Crippen LogP contribution in [-0.4, -0.2) is 25.3 Å². The summed E-state index contributed by atoms with van der Waals surface area (Å²) in [5.74, 6) is 0.102. The van der Waals surface area contributed by atoms with Crippen molar-refractivity contribution in [2.75, 3.05) is 5.32 Å². The van der Waals surface area contributed by atoms with Crippen LogP contribution in [0.25, 0.3) is 11.5 Å². The second-order valence-electron chi connectivity index (χ2n) is 8.96. The van der Waals surface area contributed by atoms with Gasteiger partial charge in [0.25, 0.3) is 0 Å². The number of nitrogens with one attached hydrogen (secondary N) is 1. The molecule has 6 nitrogen and oxygen atoms in total. The van der Waals surface area contributed by atoms with Gasteiger partial charge in [-0.2, -0.15) is 5.10 Å². The number of para-hydroxylation sites is 1. The summed E-state index contributed by atoms with van der Waals surface area (Å²) in [5.41, 5.74) is 4.64. The molecule has 3 aromatic carbocycles. The Kier molecular flexibility index (Phi) is 5.56. The SMILES string of the molecule is Cc1nn(-c2ccccc2)c2c1CN(C(=O)Nc1ccc(F)cc1)[C@H](c1ccc(F)cc1)c1cccn1-2. The Morgan fingerprint density at radius 3 is 2.27 bits per heavy atom. The summed E-state index contributed by atoms with van der Waals surface area (Å²) in [6.45, 7) is 2.18. The molecule has 0 fully saturated rings. The quantitative estimate of drug-likeness (QED) is 0.316. The average Bonchev–Trinajstić information content (AvgIpc) is 3.47. The zero-order valence-electron chi connectivity index (χ0n) is 20.0. The minimum Gasteiger partial charge on any atom is -0.308 e. The standard InChI is InChI=1S/C29H23F2N5O/c1-19-25-18-35(29(37)32-23-15-13-22(31)14-16-23)27(20-9-11-21(30)12-10-20)26-8-5-17-34(26)28(25)36(33-19)24-6-3-2-4-7-24/h2-17,27H,18H2,1H3,(H,32,37)/t27-/m1/s1. The zero-order chi connectivity index (χ0) is 25.5. The molecule has 1 N–H and O–H groups in total. The summed E-state index contributed by atoms with van der Waals surface area (Å²) < 4.78 is 31.3. The molecule has 37 heavy (non-hydrogen) atoms. The molecule has 2 amide bonds. The van der Waals surface area contributed by atoms with Crippen molar-refractivity contribution in [1.82, 2.24) is 19.2 Å². The first kappa shape index (κ1) is 22.7. The second-order valence-corrected chi connectivity index (χ2v) is 8.96. The molecule has 3 heterocycles. The maximum absolute atomic E-state index is 13.9. The van der Waals surface area contributed by atoms with E-state index in [0.717, 1.165) is 34.0 Å². The smallest absolute Gasteiger partial charge is 0.308 e. The van der Waals surface area contributed by atoms with Crippen LogP contribution in [0.5, 0.6) is 0 Å². The number of hydrogen-bond donors (Lipinski definition) is 1. The molecular formula is C29H23F2N5O. The van der Waals surface area contributed by atoms with Crippen molar-refractivity contribution < 1.29 is 13.6 Å². The lowest BCUT2D eigenvalue weighted by Crippen LogP contribution is -2.38. The molecule has 0 spiro atoms. The lowest BCUT2D eigenvalue weighted by molar-refractivity contribution is 0.194. The molecule has 0 saturated heterocycles. The molecule has 5 aromatic rings. The fraction of sp³-hybridized carbons (Fsp3) is 0.103. The normalized spacial score (nSPS) is 14.6. The van der Waals surface area contributed by atoms with Crippen molar-refractivity contribution in [2.24, 2.45) is 0 Å². The van der Waals surface area contributed by atoms with Crippen LogP contribution in [0.1, 0.15) is 28.6 Å². The van der Waals surface area contributed by atoms with Gasteiger partial charge in [-0.05, 0) is 73.2 Å². The number of aryl methyl sites for hydroxylation is 1. The number of amides is 2. The van der Waals surface area contributed by atoms with E-state index < -0.39 is 6.04 Å². The summed E-state index contributed by atoms with van der Waals surface area (Å²) in [7, 11) is 0. The van der Waals surface area contributed by atoms with E-state index in [1.54, 1.807) is 17.0 Å². The fourth-order valence-electron chi connectivity index (χ4n) is 4.87. The summed E-state index contributed by atoms with van der Waals surface area (Å²) >= 11 is 0. The fourth-order valence-corrected chi connectivity index (χ4v) is 4.87. The number of halogens is 2. The number of rotatable bonds is 3. The van der Waals surface area contributed by atoms with Crippen molar-refractivity contribution in [3.05, 3.63) is 131 Å². The first-order chi connectivity index (χ1) is 18.0. The van der Waals surface area contributed by atoms with E-state index in [4.69, 9.17) is 5.10 Å². The minimum atomic E-state index is -0.521. The molecule has 0 unspecified atom stereocenters. The topological polar surface area (TPSA) is 55.1 Å². The van der Waals surface area contributed by atoms with E-state index in [0.29, 0.717) is 5.69 Å². The highest BCUT2D eigenvalue weighted by Gasteiger charge is 2.36. The highest BCUT2D eigenvalue weighted by atomic mass is 19.1. The van der Waals surface area contributed by atoms with Gasteiger partial charge >= 0.3 is 6.03 Å². The molecule has 2 aromatic heterocycles. The van der Waals surface area contributed by atoms with Gasteiger partial charge in [0.05, 0.1) is 29.7 Å². The van der Waals surface area contributed by atoms with Gasteiger partial charge in [0.2, 0.25) is 0 Å². The van der Waals surface area contributed by atoms with Crippen LogP contribution in [0.4, 0.5) is 19.3 Å². The van der Waals surface area contributed by atoms with E-state index in [1.165, 1.54) is 36.4 Å². The van der Waals surface area contributed by atoms with Crippen LogP contribution >= 0.6 is 0 Å². The van der Waals surface area contributed by atoms with Crippen molar-refractivity contribution in [3.63, 3.8) is 0 Å². The zero-order valence-corrected chi connectivity index (χ0v) is 20.0. The van der Waals surface area contributed by atoms with E-state index >= 15 is 0 Å². The van der Waals surface area contributed by atoms with Gasteiger partial charge in [0.1, 0.15) is 17.5 Å². The van der Waals surface area contributed by atoms with E-state index in [9.17, 15) is 13.6 Å². The van der Waals surface area contributed by atoms with Crippen molar-refractivity contribution in [2.45, 2.75) is 19.5 Å². The Bertz CT molecular complexity index is 1570. The molecular weight excluding hydrogens is 472 g/mol. The molecule has 1 atom stereocenters. The van der Waals surface area contributed by atoms with Crippen LogP contribution in [0.3, 0.4) is 0 Å². The third kappa shape index (κ3) is 4.06. The van der Waals surface area contributed by atoms with Gasteiger partial charge in [0.15, 0.2) is 0 Å². The first-order valence-electron chi connectivity index (χ1n) is 11.9. The third-order valence-electron chi connectivity index (χ3n) is 6.63. The number of anilines is 1. The van der Waals surface area contributed by atoms with Gasteiger partial charge in [-0.25, -0.2) is 18.3 Å². The maximum Gasteiger partial charge on any atom is 0.322 e.